The number of pyridine rings is 1. The number of hydrogen-bond donors (Lipinski definition) is 1. The average Bonchev–Trinajstić information content (AvgIpc) is 3.33. The zero-order chi connectivity index (χ0) is 20.5. The highest BCUT2D eigenvalue weighted by Gasteiger charge is 2.17. The van der Waals surface area contributed by atoms with Gasteiger partial charge in [0, 0.05) is 11.6 Å². The first-order chi connectivity index (χ1) is 14.7. The Morgan fingerprint density at radius 2 is 1.87 bits per heavy atom. The van der Waals surface area contributed by atoms with Crippen LogP contribution >= 0.6 is 0 Å². The molecule has 146 valence electrons. The van der Waals surface area contributed by atoms with Crippen LogP contribution < -0.4 is 5.32 Å². The minimum Gasteiger partial charge on any atom is -0.345 e. The summed E-state index contributed by atoms with van der Waals surface area (Å²) in [6.45, 7) is 1.97. The van der Waals surface area contributed by atoms with Crippen molar-refractivity contribution in [2.24, 2.45) is 0 Å². The summed E-state index contributed by atoms with van der Waals surface area (Å²) in [5, 5.41) is 10.4. The maximum Gasteiger partial charge on any atom is 0.253 e. The van der Waals surface area contributed by atoms with Gasteiger partial charge in [0.2, 0.25) is 0 Å². The summed E-state index contributed by atoms with van der Waals surface area (Å²) < 4.78 is 1.69. The van der Waals surface area contributed by atoms with Crippen molar-refractivity contribution >= 4 is 27.6 Å². The molecule has 0 radical (unpaired) electrons. The SMILES string of the molecule is CC(NC(=O)c1cc2ccccc2c2cccnc12)c1cccc(-n2cncn2)c1. The summed E-state index contributed by atoms with van der Waals surface area (Å²) in [5.74, 6) is -0.150. The summed E-state index contributed by atoms with van der Waals surface area (Å²) >= 11 is 0. The monoisotopic (exact) mass is 393 g/mol. The van der Waals surface area contributed by atoms with Crippen LogP contribution in [0.4, 0.5) is 0 Å². The van der Waals surface area contributed by atoms with Gasteiger partial charge in [-0.2, -0.15) is 5.10 Å². The maximum absolute atomic E-state index is 13.2. The molecule has 6 heteroatoms. The molecule has 5 aromatic rings. The zero-order valence-electron chi connectivity index (χ0n) is 16.4. The van der Waals surface area contributed by atoms with Crippen molar-refractivity contribution in [2.75, 3.05) is 0 Å². The molecule has 1 atom stereocenters. The van der Waals surface area contributed by atoms with E-state index in [4.69, 9.17) is 0 Å². The molecule has 0 aliphatic carbocycles. The minimum absolute atomic E-state index is 0.150. The maximum atomic E-state index is 13.2. The highest BCUT2D eigenvalue weighted by Crippen LogP contribution is 2.28. The third kappa shape index (κ3) is 3.18. The second-order valence-electron chi connectivity index (χ2n) is 7.18. The number of carbonyl (C=O) groups is 1. The van der Waals surface area contributed by atoms with Gasteiger partial charge in [-0.25, -0.2) is 9.67 Å². The van der Waals surface area contributed by atoms with Crippen LogP contribution in [0.1, 0.15) is 28.9 Å². The molecule has 1 N–H and O–H groups in total. The molecule has 2 heterocycles. The normalized spacial score (nSPS) is 12.2. The van der Waals surface area contributed by atoms with Gasteiger partial charge in [0.25, 0.3) is 5.91 Å². The Balaban J connectivity index is 1.49. The molecular weight excluding hydrogens is 374 g/mol. The van der Waals surface area contributed by atoms with Crippen molar-refractivity contribution in [2.45, 2.75) is 13.0 Å². The summed E-state index contributed by atoms with van der Waals surface area (Å²) in [6.07, 6.45) is 4.86. The first-order valence-corrected chi connectivity index (χ1v) is 9.73. The summed E-state index contributed by atoms with van der Waals surface area (Å²) in [5.41, 5.74) is 3.15. The number of carbonyl (C=O) groups excluding carboxylic acids is 1. The van der Waals surface area contributed by atoms with E-state index >= 15 is 0 Å². The van der Waals surface area contributed by atoms with E-state index < -0.39 is 0 Å². The van der Waals surface area contributed by atoms with Crippen molar-refractivity contribution < 1.29 is 4.79 Å². The third-order valence-corrected chi connectivity index (χ3v) is 5.26. The molecule has 0 spiro atoms. The third-order valence-electron chi connectivity index (χ3n) is 5.26. The molecule has 30 heavy (non-hydrogen) atoms. The van der Waals surface area contributed by atoms with Gasteiger partial charge in [-0.1, -0.05) is 42.5 Å². The fraction of sp³-hybridized carbons (Fsp3) is 0.0833. The van der Waals surface area contributed by atoms with E-state index in [2.05, 4.69) is 26.4 Å². The minimum atomic E-state index is -0.189. The predicted octanol–water partition coefficient (Wildman–Crippen LogP) is 4.46. The molecule has 1 amide bonds. The van der Waals surface area contributed by atoms with Gasteiger partial charge in [0.1, 0.15) is 12.7 Å². The molecule has 0 fully saturated rings. The number of nitrogens with one attached hydrogen (secondary N) is 1. The molecule has 2 aromatic heterocycles. The first-order valence-electron chi connectivity index (χ1n) is 9.73. The fourth-order valence-corrected chi connectivity index (χ4v) is 3.74. The van der Waals surface area contributed by atoms with E-state index in [-0.39, 0.29) is 11.9 Å². The van der Waals surface area contributed by atoms with Crippen LogP contribution in [0, 0.1) is 0 Å². The lowest BCUT2D eigenvalue weighted by Crippen LogP contribution is -2.27. The van der Waals surface area contributed by atoms with E-state index in [1.165, 1.54) is 6.33 Å². The number of hydrogen-bond acceptors (Lipinski definition) is 4. The number of amides is 1. The highest BCUT2D eigenvalue weighted by molar-refractivity contribution is 6.15. The summed E-state index contributed by atoms with van der Waals surface area (Å²) in [4.78, 5) is 21.7. The number of benzene rings is 3. The lowest BCUT2D eigenvalue weighted by molar-refractivity contribution is 0.0941. The second-order valence-corrected chi connectivity index (χ2v) is 7.18. The van der Waals surface area contributed by atoms with Crippen LogP contribution in [0.3, 0.4) is 0 Å². The van der Waals surface area contributed by atoms with Gasteiger partial charge in [-0.3, -0.25) is 9.78 Å². The Kier molecular flexibility index (Phi) is 4.44. The molecule has 0 saturated carbocycles. The van der Waals surface area contributed by atoms with Crippen molar-refractivity contribution in [1.29, 1.82) is 0 Å². The Labute approximate surface area is 173 Å². The molecule has 3 aromatic carbocycles. The molecule has 0 aliphatic heterocycles. The number of nitrogens with zero attached hydrogens (tertiary/aromatic N) is 4. The molecule has 0 bridgehead atoms. The van der Waals surface area contributed by atoms with Gasteiger partial charge in [-0.15, -0.1) is 0 Å². The predicted molar refractivity (Wildman–Crippen MR) is 116 cm³/mol. The highest BCUT2D eigenvalue weighted by atomic mass is 16.1. The molecular formula is C24H19N5O. The van der Waals surface area contributed by atoms with Crippen molar-refractivity contribution in [3.63, 3.8) is 0 Å². The number of aromatic nitrogens is 4. The molecule has 0 saturated heterocycles. The van der Waals surface area contributed by atoms with Crippen molar-refractivity contribution in [1.82, 2.24) is 25.1 Å². The van der Waals surface area contributed by atoms with Gasteiger partial charge >= 0.3 is 0 Å². The topological polar surface area (TPSA) is 72.7 Å². The molecule has 1 unspecified atom stereocenters. The average molecular weight is 393 g/mol. The first kappa shape index (κ1) is 18.0. The number of rotatable bonds is 4. The lowest BCUT2D eigenvalue weighted by Gasteiger charge is -2.16. The Morgan fingerprint density at radius 1 is 1.00 bits per heavy atom. The zero-order valence-corrected chi connectivity index (χ0v) is 16.4. The summed E-state index contributed by atoms with van der Waals surface area (Å²) in [6, 6.07) is 21.6. The Bertz CT molecular complexity index is 1360. The molecule has 5 rings (SSSR count). The van der Waals surface area contributed by atoms with Crippen molar-refractivity contribution in [3.8, 4) is 5.69 Å². The lowest BCUT2D eigenvalue weighted by atomic mass is 10.00. The van der Waals surface area contributed by atoms with Crippen LogP contribution in [0.5, 0.6) is 0 Å². The van der Waals surface area contributed by atoms with Crippen LogP contribution in [-0.2, 0) is 0 Å². The van der Waals surface area contributed by atoms with Crippen LogP contribution in [-0.4, -0.2) is 25.7 Å². The van der Waals surface area contributed by atoms with Gasteiger partial charge < -0.3 is 5.32 Å². The fourth-order valence-electron chi connectivity index (χ4n) is 3.74. The van der Waals surface area contributed by atoms with E-state index in [0.29, 0.717) is 11.1 Å². The van der Waals surface area contributed by atoms with Gasteiger partial charge in [-0.05, 0) is 47.5 Å². The number of fused-ring (bicyclic) bond motifs is 3. The second kappa shape index (κ2) is 7.40. The van der Waals surface area contributed by atoms with Crippen LogP contribution in [0.25, 0.3) is 27.4 Å². The summed E-state index contributed by atoms with van der Waals surface area (Å²) in [7, 11) is 0. The van der Waals surface area contributed by atoms with Crippen LogP contribution in [0.2, 0.25) is 0 Å². The van der Waals surface area contributed by atoms with E-state index in [0.717, 1.165) is 27.4 Å². The van der Waals surface area contributed by atoms with E-state index in [1.807, 2.05) is 67.6 Å². The smallest absolute Gasteiger partial charge is 0.253 e. The van der Waals surface area contributed by atoms with E-state index in [9.17, 15) is 4.79 Å². The van der Waals surface area contributed by atoms with Crippen LogP contribution in [0.15, 0.2) is 85.6 Å². The van der Waals surface area contributed by atoms with Crippen molar-refractivity contribution in [3.05, 3.63) is 96.7 Å². The van der Waals surface area contributed by atoms with E-state index in [1.54, 1.807) is 17.2 Å². The Morgan fingerprint density at radius 3 is 2.73 bits per heavy atom. The standard InChI is InChI=1S/C24H19N5O/c1-16(17-7-4-8-19(12-17)29-15-25-14-27-29)28-24(30)22-13-18-6-2-3-9-20(18)21-10-5-11-26-23(21)22/h2-16H,1H3,(H,28,30). The molecule has 0 aliphatic rings. The Hall–Kier alpha value is -4.06. The van der Waals surface area contributed by atoms with Gasteiger partial charge in [0.05, 0.1) is 22.8 Å². The largest absolute Gasteiger partial charge is 0.345 e. The molecule has 6 nitrogen and oxygen atoms in total. The van der Waals surface area contributed by atoms with Gasteiger partial charge in [0.15, 0.2) is 0 Å². The quantitative estimate of drug-likeness (QED) is 0.458.